The largest absolute Gasteiger partial charge is 0.287 e. The molecule has 0 bridgehead atoms. The van der Waals surface area contributed by atoms with Crippen LogP contribution in [0.3, 0.4) is 0 Å². The van der Waals surface area contributed by atoms with Gasteiger partial charge in [-0.15, -0.1) is 0 Å². The first-order chi connectivity index (χ1) is 3.29. The molecule has 1 rings (SSSR count). The molecule has 1 heterocycles. The van der Waals surface area contributed by atoms with Crippen LogP contribution in [0.5, 0.6) is 0 Å². The smallest absolute Gasteiger partial charge is 0.153 e. The molecule has 0 radical (unpaired) electrons. The molecule has 0 N–H and O–H groups in total. The predicted octanol–water partition coefficient (Wildman–Crippen LogP) is -1.13. The van der Waals surface area contributed by atoms with E-state index in [0.717, 1.165) is 13.1 Å². The van der Waals surface area contributed by atoms with Crippen LogP contribution < -0.4 is 0 Å². The van der Waals surface area contributed by atoms with Gasteiger partial charge in [-0.1, -0.05) is 0 Å². The van der Waals surface area contributed by atoms with Crippen molar-refractivity contribution < 1.29 is 8.42 Å². The number of hydrogen-bond acceptors (Lipinski definition) is 3. The van der Waals surface area contributed by atoms with Gasteiger partial charge in [0, 0.05) is 13.1 Å². The van der Waals surface area contributed by atoms with E-state index in [4.69, 9.17) is 0 Å². The standard InChI is InChI=1S/C3H7NO2S/c5-7(6)3-4-1-2-4/h7H,1-3H2. The molecule has 3 nitrogen and oxygen atoms in total. The molecule has 4 heteroatoms. The molecule has 42 valence electrons. The first kappa shape index (κ1) is 5.05. The normalized spacial score (nSPS) is 20.7. The Balaban J connectivity index is 2.21. The summed E-state index contributed by atoms with van der Waals surface area (Å²) in [6, 6.07) is 0. The first-order valence-corrected chi connectivity index (χ1v) is 3.49. The maximum absolute atomic E-state index is 9.85. The van der Waals surface area contributed by atoms with Crippen LogP contribution in [-0.4, -0.2) is 32.3 Å². The summed E-state index contributed by atoms with van der Waals surface area (Å²) >= 11 is 0. The first-order valence-electron chi connectivity index (χ1n) is 2.13. The summed E-state index contributed by atoms with van der Waals surface area (Å²) in [4.78, 5) is 1.85. The number of hydrogen-bond donors (Lipinski definition) is 1. The SMILES string of the molecule is O=[SH](=O)CN1CC1. The second-order valence-electron chi connectivity index (χ2n) is 1.59. The van der Waals surface area contributed by atoms with Gasteiger partial charge in [0.2, 0.25) is 0 Å². The fraction of sp³-hybridized carbons (Fsp3) is 1.00. The van der Waals surface area contributed by atoms with E-state index in [1.54, 1.807) is 0 Å². The lowest BCUT2D eigenvalue weighted by Crippen LogP contribution is -1.98. The highest BCUT2D eigenvalue weighted by Gasteiger charge is 2.16. The molecule has 0 spiro atoms. The Morgan fingerprint density at radius 3 is 2.14 bits per heavy atom. The number of rotatable bonds is 2. The van der Waals surface area contributed by atoms with E-state index in [0.29, 0.717) is 0 Å². The van der Waals surface area contributed by atoms with Crippen molar-refractivity contribution in [3.8, 4) is 0 Å². The lowest BCUT2D eigenvalue weighted by molar-refractivity contribution is 0.581. The molecule has 1 aliphatic rings. The summed E-state index contributed by atoms with van der Waals surface area (Å²) in [6.07, 6.45) is 0. The van der Waals surface area contributed by atoms with Crippen LogP contribution in [0, 0.1) is 0 Å². The molecule has 1 aliphatic heterocycles. The van der Waals surface area contributed by atoms with Crippen molar-refractivity contribution in [3.05, 3.63) is 0 Å². The molecule has 0 amide bonds. The van der Waals surface area contributed by atoms with Gasteiger partial charge in [0.05, 0.1) is 5.88 Å². The number of thiol groups is 1. The van der Waals surface area contributed by atoms with Crippen LogP contribution in [0.25, 0.3) is 0 Å². The van der Waals surface area contributed by atoms with Crippen molar-refractivity contribution in [3.63, 3.8) is 0 Å². The Morgan fingerprint density at radius 1 is 1.43 bits per heavy atom. The van der Waals surface area contributed by atoms with Gasteiger partial charge in [-0.3, -0.25) is 4.90 Å². The molecule has 0 aromatic rings. The van der Waals surface area contributed by atoms with E-state index in [-0.39, 0.29) is 5.88 Å². The molecule has 7 heavy (non-hydrogen) atoms. The number of nitrogens with zero attached hydrogens (tertiary/aromatic N) is 1. The minimum atomic E-state index is -2.15. The fourth-order valence-corrected chi connectivity index (χ4v) is 0.985. The second-order valence-corrected chi connectivity index (χ2v) is 2.54. The van der Waals surface area contributed by atoms with Gasteiger partial charge in [0.1, 0.15) is 0 Å². The maximum Gasteiger partial charge on any atom is 0.153 e. The van der Waals surface area contributed by atoms with Crippen LogP contribution in [-0.2, 0) is 10.7 Å². The molecule has 0 saturated carbocycles. The summed E-state index contributed by atoms with van der Waals surface area (Å²) in [6.45, 7) is 1.92. The van der Waals surface area contributed by atoms with Crippen molar-refractivity contribution in [1.82, 2.24) is 4.90 Å². The topological polar surface area (TPSA) is 37.1 Å². The van der Waals surface area contributed by atoms with E-state index in [1.165, 1.54) is 0 Å². The van der Waals surface area contributed by atoms with Crippen molar-refractivity contribution >= 4 is 10.7 Å². The zero-order valence-electron chi connectivity index (χ0n) is 3.83. The van der Waals surface area contributed by atoms with Gasteiger partial charge in [0.25, 0.3) is 0 Å². The van der Waals surface area contributed by atoms with Crippen LogP contribution in [0.4, 0.5) is 0 Å². The van der Waals surface area contributed by atoms with E-state index in [1.807, 2.05) is 4.90 Å². The quantitative estimate of drug-likeness (QED) is 0.371. The molecule has 1 saturated heterocycles. The summed E-state index contributed by atoms with van der Waals surface area (Å²) in [5.74, 6) is 0.259. The van der Waals surface area contributed by atoms with E-state index in [2.05, 4.69) is 0 Å². The highest BCUT2D eigenvalue weighted by atomic mass is 32.2. The van der Waals surface area contributed by atoms with Crippen LogP contribution in [0.15, 0.2) is 0 Å². The summed E-state index contributed by atoms with van der Waals surface area (Å²) < 4.78 is 19.7. The Morgan fingerprint density at radius 2 is 2.00 bits per heavy atom. The molecule has 0 unspecified atom stereocenters. The van der Waals surface area contributed by atoms with Crippen LogP contribution in [0.1, 0.15) is 0 Å². The highest BCUT2D eigenvalue weighted by molar-refractivity contribution is 7.72. The molecular weight excluding hydrogens is 114 g/mol. The third-order valence-corrected chi connectivity index (χ3v) is 1.49. The lowest BCUT2D eigenvalue weighted by atomic mass is 11.0. The lowest BCUT2D eigenvalue weighted by Gasteiger charge is -1.83. The molecular formula is C3H7NO2S. The Kier molecular flexibility index (Phi) is 1.30. The summed E-state index contributed by atoms with van der Waals surface area (Å²) in [5.41, 5.74) is 0. The third kappa shape index (κ3) is 1.89. The third-order valence-electron chi connectivity index (χ3n) is 0.855. The Labute approximate surface area is 43.9 Å². The van der Waals surface area contributed by atoms with Gasteiger partial charge in [0.15, 0.2) is 10.7 Å². The van der Waals surface area contributed by atoms with Gasteiger partial charge in [-0.05, 0) is 0 Å². The zero-order valence-corrected chi connectivity index (χ0v) is 4.73. The van der Waals surface area contributed by atoms with Crippen molar-refractivity contribution in [2.75, 3.05) is 19.0 Å². The van der Waals surface area contributed by atoms with Gasteiger partial charge < -0.3 is 0 Å². The average Bonchev–Trinajstić information content (AvgIpc) is 2.17. The molecule has 0 atom stereocenters. The average molecular weight is 121 g/mol. The Bertz CT molecular complexity index is 119. The van der Waals surface area contributed by atoms with Gasteiger partial charge in [-0.25, -0.2) is 8.42 Å². The van der Waals surface area contributed by atoms with Crippen molar-refractivity contribution in [1.29, 1.82) is 0 Å². The molecule has 1 fully saturated rings. The second kappa shape index (κ2) is 1.79. The Hall–Kier alpha value is -0.0900. The van der Waals surface area contributed by atoms with Crippen molar-refractivity contribution in [2.45, 2.75) is 0 Å². The van der Waals surface area contributed by atoms with Crippen LogP contribution >= 0.6 is 0 Å². The summed E-state index contributed by atoms with van der Waals surface area (Å²) in [5, 5.41) is 0. The van der Waals surface area contributed by atoms with E-state index < -0.39 is 10.7 Å². The minimum absolute atomic E-state index is 0.259. The van der Waals surface area contributed by atoms with Crippen molar-refractivity contribution in [2.24, 2.45) is 0 Å². The molecule has 0 aromatic heterocycles. The van der Waals surface area contributed by atoms with E-state index >= 15 is 0 Å². The minimum Gasteiger partial charge on any atom is -0.287 e. The fourth-order valence-electron chi connectivity index (χ4n) is 0.375. The van der Waals surface area contributed by atoms with Gasteiger partial charge >= 0.3 is 0 Å². The predicted molar refractivity (Wildman–Crippen MR) is 26.8 cm³/mol. The van der Waals surface area contributed by atoms with Crippen LogP contribution in [0.2, 0.25) is 0 Å². The molecule has 0 aromatic carbocycles. The maximum atomic E-state index is 9.85. The summed E-state index contributed by atoms with van der Waals surface area (Å²) in [7, 11) is -2.15. The molecule has 0 aliphatic carbocycles. The zero-order chi connectivity index (χ0) is 5.28. The van der Waals surface area contributed by atoms with E-state index in [9.17, 15) is 8.42 Å². The van der Waals surface area contributed by atoms with Gasteiger partial charge in [-0.2, -0.15) is 0 Å². The monoisotopic (exact) mass is 121 g/mol. The highest BCUT2D eigenvalue weighted by Crippen LogP contribution is 2.00.